The van der Waals surface area contributed by atoms with E-state index in [0.717, 1.165) is 36.2 Å². The van der Waals surface area contributed by atoms with E-state index in [1.807, 2.05) is 47.3 Å². The molecule has 2 heterocycles. The highest BCUT2D eigenvalue weighted by Gasteiger charge is 2.16. The van der Waals surface area contributed by atoms with Crippen LogP contribution >= 0.6 is 11.3 Å². The summed E-state index contributed by atoms with van der Waals surface area (Å²) in [7, 11) is 1.85. The maximum absolute atomic E-state index is 12.7. The second-order valence-electron chi connectivity index (χ2n) is 6.75. The number of rotatable bonds is 9. The number of amides is 2. The van der Waals surface area contributed by atoms with Gasteiger partial charge in [-0.1, -0.05) is 31.5 Å². The average molecular weight is 399 g/mol. The number of unbranched alkanes of at least 4 members (excludes halogenated alkanes) is 1. The van der Waals surface area contributed by atoms with Gasteiger partial charge in [0.05, 0.1) is 15.9 Å². The molecule has 0 aliphatic carbocycles. The van der Waals surface area contributed by atoms with Crippen molar-refractivity contribution in [1.82, 2.24) is 19.8 Å². The smallest absolute Gasteiger partial charge is 0.261 e. The van der Waals surface area contributed by atoms with Crippen LogP contribution in [0.5, 0.6) is 0 Å². The van der Waals surface area contributed by atoms with E-state index >= 15 is 0 Å². The normalized spacial score (nSPS) is 10.9. The molecule has 0 radical (unpaired) electrons. The lowest BCUT2D eigenvalue weighted by Crippen LogP contribution is -2.32. The zero-order chi connectivity index (χ0) is 19.9. The molecule has 0 fully saturated rings. The Kier molecular flexibility index (Phi) is 6.81. The third-order valence-electron chi connectivity index (χ3n) is 4.68. The molecule has 6 nitrogen and oxygen atoms in total. The maximum Gasteiger partial charge on any atom is 0.261 e. The van der Waals surface area contributed by atoms with E-state index in [0.29, 0.717) is 17.8 Å². The fourth-order valence-electron chi connectivity index (χ4n) is 3.05. The van der Waals surface area contributed by atoms with E-state index in [1.54, 1.807) is 11.0 Å². The Morgan fingerprint density at radius 3 is 2.79 bits per heavy atom. The summed E-state index contributed by atoms with van der Waals surface area (Å²) in [5.74, 6) is 0.804. The number of para-hydroxylation sites is 2. The second kappa shape index (κ2) is 9.50. The predicted octanol–water partition coefficient (Wildman–Crippen LogP) is 3.33. The summed E-state index contributed by atoms with van der Waals surface area (Å²) in [5, 5.41) is 4.82. The Balaban J connectivity index is 1.71. The summed E-state index contributed by atoms with van der Waals surface area (Å²) in [5.41, 5.74) is 1.81. The average Bonchev–Trinajstić information content (AvgIpc) is 3.35. The number of hydrogen-bond acceptors (Lipinski definition) is 4. The minimum Gasteiger partial charge on any atom is -0.351 e. The van der Waals surface area contributed by atoms with Crippen molar-refractivity contribution >= 4 is 34.2 Å². The van der Waals surface area contributed by atoms with Crippen molar-refractivity contribution in [2.75, 3.05) is 20.1 Å². The molecule has 0 unspecified atom stereocenters. The van der Waals surface area contributed by atoms with Gasteiger partial charge in [-0.25, -0.2) is 4.98 Å². The highest BCUT2D eigenvalue weighted by molar-refractivity contribution is 7.12. The van der Waals surface area contributed by atoms with Crippen LogP contribution in [0.2, 0.25) is 0 Å². The molecule has 7 heteroatoms. The molecule has 148 valence electrons. The third kappa shape index (κ3) is 4.78. The van der Waals surface area contributed by atoms with Crippen LogP contribution in [-0.2, 0) is 17.8 Å². The van der Waals surface area contributed by atoms with E-state index < -0.39 is 0 Å². The number of nitrogens with one attached hydrogen (secondary N) is 1. The van der Waals surface area contributed by atoms with Gasteiger partial charge < -0.3 is 14.8 Å². The monoisotopic (exact) mass is 398 g/mol. The van der Waals surface area contributed by atoms with E-state index in [1.165, 1.54) is 11.3 Å². The van der Waals surface area contributed by atoms with Crippen molar-refractivity contribution in [3.63, 3.8) is 0 Å². The van der Waals surface area contributed by atoms with Gasteiger partial charge in [-0.05, 0) is 30.0 Å². The van der Waals surface area contributed by atoms with Gasteiger partial charge >= 0.3 is 0 Å². The molecular formula is C21H26N4O2S. The minimum absolute atomic E-state index is 0.0699. The molecule has 0 bridgehead atoms. The molecule has 3 rings (SSSR count). The highest BCUT2D eigenvalue weighted by atomic mass is 32.1. The van der Waals surface area contributed by atoms with Gasteiger partial charge in [0.1, 0.15) is 12.4 Å². The topological polar surface area (TPSA) is 67.2 Å². The first-order valence-electron chi connectivity index (χ1n) is 9.60. The molecule has 1 aromatic carbocycles. The van der Waals surface area contributed by atoms with Crippen LogP contribution in [0, 0.1) is 0 Å². The first-order valence-corrected chi connectivity index (χ1v) is 10.5. The fraction of sp³-hybridized carbons (Fsp3) is 0.381. The number of carbonyl (C=O) groups excluding carboxylic acids is 2. The van der Waals surface area contributed by atoms with Crippen LogP contribution in [0.3, 0.4) is 0 Å². The SMILES string of the molecule is CCCCN(C)C(=O)Cn1c(CCNC(=O)c2cccs2)nc2ccccc21. The molecular weight excluding hydrogens is 372 g/mol. The lowest BCUT2D eigenvalue weighted by Gasteiger charge is -2.18. The lowest BCUT2D eigenvalue weighted by atomic mass is 10.3. The van der Waals surface area contributed by atoms with Crippen LogP contribution in [0.1, 0.15) is 35.3 Å². The number of thiophene rings is 1. The van der Waals surface area contributed by atoms with Gasteiger partial charge in [-0.3, -0.25) is 9.59 Å². The summed E-state index contributed by atoms with van der Waals surface area (Å²) in [4.78, 5) is 32.0. The van der Waals surface area contributed by atoms with Crippen molar-refractivity contribution in [2.45, 2.75) is 32.7 Å². The first kappa shape index (κ1) is 20.1. The molecule has 28 heavy (non-hydrogen) atoms. The van der Waals surface area contributed by atoms with Crippen molar-refractivity contribution < 1.29 is 9.59 Å². The summed E-state index contributed by atoms with van der Waals surface area (Å²) in [6, 6.07) is 11.5. The van der Waals surface area contributed by atoms with Crippen LogP contribution in [0.15, 0.2) is 41.8 Å². The van der Waals surface area contributed by atoms with Crippen molar-refractivity contribution in [1.29, 1.82) is 0 Å². The summed E-state index contributed by atoms with van der Waals surface area (Å²) < 4.78 is 1.97. The molecule has 0 aliphatic heterocycles. The van der Waals surface area contributed by atoms with E-state index in [9.17, 15) is 9.59 Å². The fourth-order valence-corrected chi connectivity index (χ4v) is 3.69. The third-order valence-corrected chi connectivity index (χ3v) is 5.55. The highest BCUT2D eigenvalue weighted by Crippen LogP contribution is 2.17. The first-order chi connectivity index (χ1) is 13.6. The number of hydrogen-bond donors (Lipinski definition) is 1. The van der Waals surface area contributed by atoms with E-state index in [2.05, 4.69) is 12.2 Å². The van der Waals surface area contributed by atoms with Crippen LogP contribution in [0.4, 0.5) is 0 Å². The second-order valence-corrected chi connectivity index (χ2v) is 7.70. The van der Waals surface area contributed by atoms with Crippen LogP contribution in [-0.4, -0.2) is 46.4 Å². The maximum atomic E-state index is 12.7. The molecule has 0 aliphatic rings. The Morgan fingerprint density at radius 1 is 1.21 bits per heavy atom. The summed E-state index contributed by atoms with van der Waals surface area (Å²) in [6.07, 6.45) is 2.62. The van der Waals surface area contributed by atoms with Crippen molar-refractivity contribution in [3.05, 3.63) is 52.5 Å². The Morgan fingerprint density at radius 2 is 2.04 bits per heavy atom. The summed E-state index contributed by atoms with van der Waals surface area (Å²) >= 11 is 1.42. The number of benzene rings is 1. The molecule has 0 saturated carbocycles. The number of imidazole rings is 1. The van der Waals surface area contributed by atoms with E-state index in [4.69, 9.17) is 4.98 Å². The minimum atomic E-state index is -0.0759. The standard InChI is InChI=1S/C21H26N4O2S/c1-3-4-13-24(2)20(26)15-25-17-9-6-5-8-16(17)23-19(25)11-12-22-21(27)18-10-7-14-28-18/h5-10,14H,3-4,11-13,15H2,1-2H3,(H,22,27). The molecule has 0 atom stereocenters. The van der Waals surface area contributed by atoms with Gasteiger partial charge in [0, 0.05) is 26.6 Å². The number of fused-ring (bicyclic) bond motifs is 1. The van der Waals surface area contributed by atoms with Gasteiger partial charge in [0.25, 0.3) is 5.91 Å². The van der Waals surface area contributed by atoms with Crippen LogP contribution < -0.4 is 5.32 Å². The largest absolute Gasteiger partial charge is 0.351 e. The van der Waals surface area contributed by atoms with Gasteiger partial charge in [-0.15, -0.1) is 11.3 Å². The number of aromatic nitrogens is 2. The molecule has 2 amide bonds. The Labute approximate surface area is 169 Å². The number of carbonyl (C=O) groups is 2. The zero-order valence-corrected chi connectivity index (χ0v) is 17.2. The molecule has 3 aromatic rings. The molecule has 0 spiro atoms. The van der Waals surface area contributed by atoms with Crippen LogP contribution in [0.25, 0.3) is 11.0 Å². The lowest BCUT2D eigenvalue weighted by molar-refractivity contribution is -0.130. The molecule has 1 N–H and O–H groups in total. The van der Waals surface area contributed by atoms with E-state index in [-0.39, 0.29) is 18.4 Å². The predicted molar refractivity (Wildman–Crippen MR) is 113 cm³/mol. The van der Waals surface area contributed by atoms with Crippen molar-refractivity contribution in [3.8, 4) is 0 Å². The number of nitrogens with zero attached hydrogens (tertiary/aromatic N) is 3. The number of likely N-dealkylation sites (N-methyl/N-ethyl adjacent to an activating group) is 1. The molecule has 2 aromatic heterocycles. The van der Waals surface area contributed by atoms with Gasteiger partial charge in [0.2, 0.25) is 5.91 Å². The quantitative estimate of drug-likeness (QED) is 0.601. The van der Waals surface area contributed by atoms with Gasteiger partial charge in [0.15, 0.2) is 0 Å². The van der Waals surface area contributed by atoms with Crippen molar-refractivity contribution in [2.24, 2.45) is 0 Å². The zero-order valence-electron chi connectivity index (χ0n) is 16.4. The Hall–Kier alpha value is -2.67. The molecule has 0 saturated heterocycles. The summed E-state index contributed by atoms with van der Waals surface area (Å²) in [6.45, 7) is 3.60. The Bertz CT molecular complexity index is 933. The van der Waals surface area contributed by atoms with Gasteiger partial charge in [-0.2, -0.15) is 0 Å².